The van der Waals surface area contributed by atoms with Gasteiger partial charge in [-0.25, -0.2) is 9.97 Å². The number of benzene rings is 2. The maximum absolute atomic E-state index is 11.3. The Bertz CT molecular complexity index is 949. The third kappa shape index (κ3) is 6.17. The van der Waals surface area contributed by atoms with Crippen molar-refractivity contribution in [1.82, 2.24) is 15.0 Å². The average Bonchev–Trinajstić information content (AvgIpc) is 2.71. The summed E-state index contributed by atoms with van der Waals surface area (Å²) in [6.07, 6.45) is 2.26. The largest absolute Gasteiger partial charge is 0.494 e. The molecular weight excluding hydrogens is 368 g/mol. The van der Waals surface area contributed by atoms with Gasteiger partial charge in [0.25, 0.3) is 0 Å². The van der Waals surface area contributed by atoms with Gasteiger partial charge in [0.05, 0.1) is 6.61 Å². The van der Waals surface area contributed by atoms with Crippen molar-refractivity contribution >= 4 is 29.2 Å². The SMILES string of the molecule is CC(=O)Nc1cccc(Nc2ncnc(NCCCOc3ccccc3)n2)c1C. The number of carbonyl (C=O) groups excluding carboxylic acids is 1. The van der Waals surface area contributed by atoms with E-state index in [0.717, 1.165) is 29.1 Å². The molecule has 1 amide bonds. The van der Waals surface area contributed by atoms with Crippen molar-refractivity contribution in [3.8, 4) is 5.75 Å². The van der Waals surface area contributed by atoms with E-state index in [1.807, 2.05) is 55.5 Å². The minimum absolute atomic E-state index is 0.117. The molecule has 3 rings (SSSR count). The van der Waals surface area contributed by atoms with Gasteiger partial charge in [0.15, 0.2) is 0 Å². The Labute approximate surface area is 169 Å². The van der Waals surface area contributed by atoms with Gasteiger partial charge in [-0.3, -0.25) is 4.79 Å². The first-order valence-electron chi connectivity index (χ1n) is 9.37. The number of hydrogen-bond acceptors (Lipinski definition) is 7. The topological polar surface area (TPSA) is 101 Å². The van der Waals surface area contributed by atoms with E-state index < -0.39 is 0 Å². The first kappa shape index (κ1) is 20.1. The zero-order valence-electron chi connectivity index (χ0n) is 16.5. The smallest absolute Gasteiger partial charge is 0.232 e. The van der Waals surface area contributed by atoms with Crippen LogP contribution in [0.5, 0.6) is 5.75 Å². The molecule has 0 aliphatic carbocycles. The Morgan fingerprint density at radius 2 is 1.76 bits per heavy atom. The fraction of sp³-hybridized carbons (Fsp3) is 0.238. The molecule has 0 unspecified atom stereocenters. The van der Waals surface area contributed by atoms with Gasteiger partial charge in [-0.05, 0) is 43.2 Å². The van der Waals surface area contributed by atoms with Gasteiger partial charge < -0.3 is 20.7 Å². The molecule has 8 nitrogen and oxygen atoms in total. The predicted molar refractivity (Wildman–Crippen MR) is 114 cm³/mol. The number of para-hydroxylation sites is 1. The Kier molecular flexibility index (Phi) is 6.94. The van der Waals surface area contributed by atoms with Gasteiger partial charge in [-0.15, -0.1) is 0 Å². The second-order valence-corrected chi connectivity index (χ2v) is 6.36. The van der Waals surface area contributed by atoms with Crippen molar-refractivity contribution in [2.24, 2.45) is 0 Å². The first-order chi connectivity index (χ1) is 14.1. The van der Waals surface area contributed by atoms with Gasteiger partial charge in [-0.2, -0.15) is 4.98 Å². The maximum Gasteiger partial charge on any atom is 0.232 e. The van der Waals surface area contributed by atoms with E-state index in [2.05, 4.69) is 30.9 Å². The highest BCUT2D eigenvalue weighted by atomic mass is 16.5. The quantitative estimate of drug-likeness (QED) is 0.477. The highest BCUT2D eigenvalue weighted by Gasteiger charge is 2.07. The van der Waals surface area contributed by atoms with Crippen molar-refractivity contribution in [2.45, 2.75) is 20.3 Å². The molecule has 3 aromatic rings. The van der Waals surface area contributed by atoms with Crippen molar-refractivity contribution < 1.29 is 9.53 Å². The third-order valence-electron chi connectivity index (χ3n) is 4.08. The molecule has 0 aliphatic heterocycles. The molecule has 0 spiro atoms. The van der Waals surface area contributed by atoms with Crippen LogP contribution in [0.15, 0.2) is 54.9 Å². The molecule has 0 aliphatic rings. The molecule has 0 radical (unpaired) electrons. The van der Waals surface area contributed by atoms with Gasteiger partial charge >= 0.3 is 0 Å². The summed E-state index contributed by atoms with van der Waals surface area (Å²) >= 11 is 0. The standard InChI is InChI=1S/C21H24N6O2/c1-15-18(25-16(2)28)10-6-11-19(15)26-21-24-14-23-20(27-21)22-12-7-13-29-17-8-4-3-5-9-17/h3-6,8-11,14H,7,12-13H2,1-2H3,(H,25,28)(H2,22,23,24,26,27). The van der Waals surface area contributed by atoms with Gasteiger partial charge in [0, 0.05) is 24.8 Å². The zero-order chi connectivity index (χ0) is 20.5. The molecule has 0 bridgehead atoms. The summed E-state index contributed by atoms with van der Waals surface area (Å²) in [5.41, 5.74) is 2.45. The van der Waals surface area contributed by atoms with Crippen LogP contribution in [0.4, 0.5) is 23.3 Å². The number of aromatic nitrogens is 3. The maximum atomic E-state index is 11.3. The van der Waals surface area contributed by atoms with Crippen LogP contribution in [-0.4, -0.2) is 34.0 Å². The van der Waals surface area contributed by atoms with E-state index in [-0.39, 0.29) is 5.91 Å². The van der Waals surface area contributed by atoms with E-state index in [0.29, 0.717) is 25.0 Å². The van der Waals surface area contributed by atoms with Crippen molar-refractivity contribution in [2.75, 3.05) is 29.1 Å². The number of anilines is 4. The fourth-order valence-electron chi connectivity index (χ4n) is 2.64. The lowest BCUT2D eigenvalue weighted by atomic mass is 10.1. The second-order valence-electron chi connectivity index (χ2n) is 6.36. The summed E-state index contributed by atoms with van der Waals surface area (Å²) in [7, 11) is 0. The van der Waals surface area contributed by atoms with Crippen molar-refractivity contribution in [3.63, 3.8) is 0 Å². The molecule has 0 saturated carbocycles. The number of nitrogens with zero attached hydrogens (tertiary/aromatic N) is 3. The van der Waals surface area contributed by atoms with Crippen LogP contribution in [0.3, 0.4) is 0 Å². The van der Waals surface area contributed by atoms with Gasteiger partial charge in [0.1, 0.15) is 12.1 Å². The lowest BCUT2D eigenvalue weighted by molar-refractivity contribution is -0.114. The molecule has 1 heterocycles. The summed E-state index contributed by atoms with van der Waals surface area (Å²) in [6, 6.07) is 15.3. The number of rotatable bonds is 9. The van der Waals surface area contributed by atoms with Crippen LogP contribution in [-0.2, 0) is 4.79 Å². The van der Waals surface area contributed by atoms with Crippen LogP contribution < -0.4 is 20.7 Å². The number of carbonyl (C=O) groups is 1. The van der Waals surface area contributed by atoms with Crippen molar-refractivity contribution in [3.05, 3.63) is 60.4 Å². The molecular formula is C21H24N6O2. The normalized spacial score (nSPS) is 10.3. The van der Waals surface area contributed by atoms with Crippen LogP contribution in [0, 0.1) is 6.92 Å². The summed E-state index contributed by atoms with van der Waals surface area (Å²) in [5, 5.41) is 9.15. The van der Waals surface area contributed by atoms with E-state index in [9.17, 15) is 4.79 Å². The molecule has 29 heavy (non-hydrogen) atoms. The number of ether oxygens (including phenoxy) is 1. The first-order valence-corrected chi connectivity index (χ1v) is 9.37. The van der Waals surface area contributed by atoms with Crippen LogP contribution >= 0.6 is 0 Å². The lowest BCUT2D eigenvalue weighted by Gasteiger charge is -2.13. The van der Waals surface area contributed by atoms with Crippen LogP contribution in [0.1, 0.15) is 18.9 Å². The Hall–Kier alpha value is -3.68. The monoisotopic (exact) mass is 392 g/mol. The molecule has 0 fully saturated rings. The Balaban J connectivity index is 1.52. The van der Waals surface area contributed by atoms with E-state index in [1.165, 1.54) is 13.3 Å². The molecule has 8 heteroatoms. The average molecular weight is 392 g/mol. The van der Waals surface area contributed by atoms with Gasteiger partial charge in [-0.1, -0.05) is 24.3 Å². The number of amides is 1. The van der Waals surface area contributed by atoms with Crippen LogP contribution in [0.25, 0.3) is 0 Å². The highest BCUT2D eigenvalue weighted by molar-refractivity contribution is 5.90. The zero-order valence-corrected chi connectivity index (χ0v) is 16.5. The minimum atomic E-state index is -0.117. The summed E-state index contributed by atoms with van der Waals surface area (Å²) in [5.74, 6) is 1.65. The predicted octanol–water partition coefficient (Wildman–Crippen LogP) is 3.76. The second kappa shape index (κ2) is 10.0. The van der Waals surface area contributed by atoms with E-state index in [1.54, 1.807) is 0 Å². The molecule has 2 aromatic carbocycles. The molecule has 0 atom stereocenters. The third-order valence-corrected chi connectivity index (χ3v) is 4.08. The molecule has 0 saturated heterocycles. The summed E-state index contributed by atoms with van der Waals surface area (Å²) in [4.78, 5) is 24.0. The van der Waals surface area contributed by atoms with E-state index in [4.69, 9.17) is 4.74 Å². The highest BCUT2D eigenvalue weighted by Crippen LogP contribution is 2.25. The molecule has 150 valence electrons. The van der Waals surface area contributed by atoms with Crippen LogP contribution in [0.2, 0.25) is 0 Å². The number of hydrogen-bond donors (Lipinski definition) is 3. The van der Waals surface area contributed by atoms with E-state index >= 15 is 0 Å². The Morgan fingerprint density at radius 3 is 2.55 bits per heavy atom. The fourth-order valence-corrected chi connectivity index (χ4v) is 2.64. The molecule has 1 aromatic heterocycles. The van der Waals surface area contributed by atoms with Gasteiger partial charge in [0.2, 0.25) is 17.8 Å². The summed E-state index contributed by atoms with van der Waals surface area (Å²) in [6.45, 7) is 4.67. The summed E-state index contributed by atoms with van der Waals surface area (Å²) < 4.78 is 5.66. The van der Waals surface area contributed by atoms with Crippen molar-refractivity contribution in [1.29, 1.82) is 0 Å². The Morgan fingerprint density at radius 1 is 1.00 bits per heavy atom. The molecule has 3 N–H and O–H groups in total. The number of nitrogens with one attached hydrogen (secondary N) is 3. The minimum Gasteiger partial charge on any atom is -0.494 e. The lowest BCUT2D eigenvalue weighted by Crippen LogP contribution is -2.11.